The Balaban J connectivity index is 1.57. The van der Waals surface area contributed by atoms with Gasteiger partial charge in [-0.2, -0.15) is 0 Å². The Morgan fingerprint density at radius 2 is 2.00 bits per heavy atom. The molecule has 2 aliphatic rings. The summed E-state index contributed by atoms with van der Waals surface area (Å²) in [6.45, 7) is 2.96. The number of nitrogens with one attached hydrogen (secondary N) is 1. The van der Waals surface area contributed by atoms with Gasteiger partial charge >= 0.3 is 0 Å². The van der Waals surface area contributed by atoms with Crippen LogP contribution in [0.2, 0.25) is 0 Å². The summed E-state index contributed by atoms with van der Waals surface area (Å²) < 4.78 is 0. The highest BCUT2D eigenvalue weighted by atomic mass is 16.2. The van der Waals surface area contributed by atoms with Crippen LogP contribution in [-0.2, 0) is 4.79 Å². The lowest BCUT2D eigenvalue weighted by Crippen LogP contribution is -2.48. The minimum absolute atomic E-state index is 0.157. The maximum atomic E-state index is 12.4. The van der Waals surface area contributed by atoms with E-state index in [4.69, 9.17) is 0 Å². The number of likely N-dealkylation sites (tertiary alicyclic amines) is 1. The molecule has 3 rings (SSSR count). The predicted octanol–water partition coefficient (Wildman–Crippen LogP) is 3.08. The summed E-state index contributed by atoms with van der Waals surface area (Å²) in [4.78, 5) is 14.5. The summed E-state index contributed by atoms with van der Waals surface area (Å²) >= 11 is 0. The molecule has 0 radical (unpaired) electrons. The fraction of sp³-hybridized carbons (Fsp3) is 0.526. The van der Waals surface area contributed by atoms with E-state index in [1.165, 1.54) is 25.7 Å². The van der Waals surface area contributed by atoms with Gasteiger partial charge in [0.15, 0.2) is 0 Å². The van der Waals surface area contributed by atoms with Gasteiger partial charge in [0.2, 0.25) is 5.91 Å². The molecule has 0 spiro atoms. The first-order chi connectivity index (χ1) is 10.8. The van der Waals surface area contributed by atoms with Gasteiger partial charge in [0, 0.05) is 25.2 Å². The van der Waals surface area contributed by atoms with Crippen LogP contribution in [-0.4, -0.2) is 36.5 Å². The molecular weight excluding hydrogens is 272 g/mol. The molecule has 2 saturated heterocycles. The van der Waals surface area contributed by atoms with E-state index in [-0.39, 0.29) is 5.91 Å². The summed E-state index contributed by atoms with van der Waals surface area (Å²) in [6.07, 6.45) is 9.93. The molecule has 1 aromatic rings. The Morgan fingerprint density at radius 3 is 2.77 bits per heavy atom. The molecule has 1 amide bonds. The Morgan fingerprint density at radius 1 is 1.14 bits per heavy atom. The van der Waals surface area contributed by atoms with Crippen molar-refractivity contribution in [2.75, 3.05) is 19.6 Å². The normalized spacial score (nSPS) is 26.3. The van der Waals surface area contributed by atoms with Crippen LogP contribution in [0.4, 0.5) is 0 Å². The predicted molar refractivity (Wildman–Crippen MR) is 90.4 cm³/mol. The van der Waals surface area contributed by atoms with Crippen molar-refractivity contribution in [2.45, 2.75) is 38.1 Å². The minimum atomic E-state index is 0.157. The fourth-order valence-corrected chi connectivity index (χ4v) is 3.66. The highest BCUT2D eigenvalue weighted by Gasteiger charge is 2.29. The quantitative estimate of drug-likeness (QED) is 0.870. The Labute approximate surface area is 133 Å². The van der Waals surface area contributed by atoms with Gasteiger partial charge in [0.05, 0.1) is 0 Å². The van der Waals surface area contributed by atoms with Crippen molar-refractivity contribution in [1.82, 2.24) is 10.2 Å². The number of nitrogens with zero attached hydrogens (tertiary/aromatic N) is 1. The second kappa shape index (κ2) is 7.59. The second-order valence-electron chi connectivity index (χ2n) is 6.49. The highest BCUT2D eigenvalue weighted by molar-refractivity contribution is 5.91. The monoisotopic (exact) mass is 298 g/mol. The van der Waals surface area contributed by atoms with Gasteiger partial charge in [0.25, 0.3) is 0 Å². The van der Waals surface area contributed by atoms with Gasteiger partial charge in [0.1, 0.15) is 0 Å². The van der Waals surface area contributed by atoms with Crippen molar-refractivity contribution in [3.8, 4) is 0 Å². The standard InChI is InChI=1S/C19H26N2O/c22-19(12-11-16-7-2-1-3-8-16)21-14-6-9-17(15-21)18-10-4-5-13-20-18/h1-3,7-8,11-12,17-18,20H,4-6,9-10,13-15H2/b12-11-/t17?,18-/m1/s1. The lowest BCUT2D eigenvalue weighted by Gasteiger charge is -2.38. The van der Waals surface area contributed by atoms with Gasteiger partial charge in [-0.1, -0.05) is 36.8 Å². The van der Waals surface area contributed by atoms with Crippen LogP contribution >= 0.6 is 0 Å². The second-order valence-corrected chi connectivity index (χ2v) is 6.49. The average molecular weight is 298 g/mol. The molecule has 1 N–H and O–H groups in total. The first kappa shape index (κ1) is 15.3. The van der Waals surface area contributed by atoms with E-state index in [2.05, 4.69) is 5.32 Å². The van der Waals surface area contributed by atoms with Crippen molar-refractivity contribution in [2.24, 2.45) is 5.92 Å². The molecule has 1 aromatic carbocycles. The molecule has 1 unspecified atom stereocenters. The lowest BCUT2D eigenvalue weighted by atomic mass is 9.86. The molecule has 0 saturated carbocycles. The third kappa shape index (κ3) is 3.98. The number of benzene rings is 1. The summed E-state index contributed by atoms with van der Waals surface area (Å²) in [6, 6.07) is 10.6. The number of rotatable bonds is 3. The molecule has 3 nitrogen and oxygen atoms in total. The van der Waals surface area contributed by atoms with Gasteiger partial charge in [-0.25, -0.2) is 0 Å². The van der Waals surface area contributed by atoms with Crippen molar-refractivity contribution in [3.05, 3.63) is 42.0 Å². The van der Waals surface area contributed by atoms with Crippen LogP contribution in [0.25, 0.3) is 6.08 Å². The average Bonchev–Trinajstić information content (AvgIpc) is 2.61. The van der Waals surface area contributed by atoms with Crippen molar-refractivity contribution >= 4 is 12.0 Å². The molecule has 22 heavy (non-hydrogen) atoms. The van der Waals surface area contributed by atoms with Crippen LogP contribution in [0.15, 0.2) is 36.4 Å². The number of carbonyl (C=O) groups excluding carboxylic acids is 1. The Hall–Kier alpha value is -1.61. The van der Waals surface area contributed by atoms with Crippen LogP contribution in [0.1, 0.15) is 37.7 Å². The number of hydrogen-bond donors (Lipinski definition) is 1. The van der Waals surface area contributed by atoms with Gasteiger partial charge in [-0.3, -0.25) is 4.79 Å². The summed E-state index contributed by atoms with van der Waals surface area (Å²) in [5, 5.41) is 3.65. The first-order valence-electron chi connectivity index (χ1n) is 8.58. The third-order valence-electron chi connectivity index (χ3n) is 4.90. The largest absolute Gasteiger partial charge is 0.339 e. The topological polar surface area (TPSA) is 32.3 Å². The zero-order chi connectivity index (χ0) is 15.2. The molecule has 3 heteroatoms. The van der Waals surface area contributed by atoms with Gasteiger partial charge in [-0.05, 0) is 49.8 Å². The molecular formula is C19H26N2O. The molecule has 0 aromatic heterocycles. The number of carbonyl (C=O) groups is 1. The van der Waals surface area contributed by atoms with Crippen molar-refractivity contribution < 1.29 is 4.79 Å². The van der Waals surface area contributed by atoms with Crippen molar-refractivity contribution in [1.29, 1.82) is 0 Å². The number of piperidine rings is 2. The van der Waals surface area contributed by atoms with E-state index in [0.29, 0.717) is 12.0 Å². The molecule has 2 atom stereocenters. The molecule has 2 heterocycles. The maximum absolute atomic E-state index is 12.4. The maximum Gasteiger partial charge on any atom is 0.246 e. The van der Waals surface area contributed by atoms with E-state index in [9.17, 15) is 4.79 Å². The molecule has 0 bridgehead atoms. The summed E-state index contributed by atoms with van der Waals surface area (Å²) in [7, 11) is 0. The zero-order valence-corrected chi connectivity index (χ0v) is 13.2. The molecule has 0 aliphatic carbocycles. The smallest absolute Gasteiger partial charge is 0.246 e. The van der Waals surface area contributed by atoms with E-state index < -0.39 is 0 Å². The van der Waals surface area contributed by atoms with E-state index >= 15 is 0 Å². The van der Waals surface area contributed by atoms with Gasteiger partial charge < -0.3 is 10.2 Å². The summed E-state index contributed by atoms with van der Waals surface area (Å²) in [5.41, 5.74) is 1.08. The number of hydrogen-bond acceptors (Lipinski definition) is 2. The molecule has 118 valence electrons. The van der Waals surface area contributed by atoms with E-state index in [0.717, 1.165) is 31.6 Å². The molecule has 2 fully saturated rings. The van der Waals surface area contributed by atoms with Crippen LogP contribution in [0.3, 0.4) is 0 Å². The SMILES string of the molecule is O=C(/C=C\c1ccccc1)N1CCCC([C@H]2CCCCN2)C1. The fourth-order valence-electron chi connectivity index (χ4n) is 3.66. The molecule has 2 aliphatic heterocycles. The number of amides is 1. The van der Waals surface area contributed by atoms with E-state index in [1.807, 2.05) is 41.3 Å². The van der Waals surface area contributed by atoms with E-state index in [1.54, 1.807) is 6.08 Å². The van der Waals surface area contributed by atoms with Gasteiger partial charge in [-0.15, -0.1) is 0 Å². The van der Waals surface area contributed by atoms with Crippen molar-refractivity contribution in [3.63, 3.8) is 0 Å². The Bertz CT molecular complexity index is 505. The van der Waals surface area contributed by atoms with Crippen LogP contribution in [0, 0.1) is 5.92 Å². The lowest BCUT2D eigenvalue weighted by molar-refractivity contribution is -0.128. The van der Waals surface area contributed by atoms with Crippen LogP contribution in [0.5, 0.6) is 0 Å². The minimum Gasteiger partial charge on any atom is -0.339 e. The Kier molecular flexibility index (Phi) is 5.28. The highest BCUT2D eigenvalue weighted by Crippen LogP contribution is 2.24. The summed E-state index contributed by atoms with van der Waals surface area (Å²) in [5.74, 6) is 0.785. The zero-order valence-electron chi connectivity index (χ0n) is 13.2. The third-order valence-corrected chi connectivity index (χ3v) is 4.90. The first-order valence-corrected chi connectivity index (χ1v) is 8.58. The van der Waals surface area contributed by atoms with Crippen LogP contribution < -0.4 is 5.32 Å².